The molecule has 2 bridgehead atoms. The quantitative estimate of drug-likeness (QED) is 0.198. The van der Waals surface area contributed by atoms with Gasteiger partial charge in [0.1, 0.15) is 31.5 Å². The fourth-order valence-electron chi connectivity index (χ4n) is 12.5. The molecule has 1 spiro atoms. The number of cyclic esters (lactones) is 3. The highest BCUT2D eigenvalue weighted by Crippen LogP contribution is 2.82. The summed E-state index contributed by atoms with van der Waals surface area (Å²) in [7, 11) is 1.14. The summed E-state index contributed by atoms with van der Waals surface area (Å²) in [6.45, 7) is 4.26. The Morgan fingerprint density at radius 1 is 0.930 bits per heavy atom. The van der Waals surface area contributed by atoms with E-state index in [2.05, 4.69) is 0 Å². The van der Waals surface area contributed by atoms with E-state index < -0.39 is 120 Å². The Kier molecular flexibility index (Phi) is 8.09. The molecule has 0 aromatic heterocycles. The lowest BCUT2D eigenvalue weighted by Gasteiger charge is -2.62. The number of ketones is 1. The summed E-state index contributed by atoms with van der Waals surface area (Å²) in [6, 6.07) is 0. The number of rotatable bonds is 2. The fraction of sp³-hybridized carbons (Fsp3) is 0.634. The van der Waals surface area contributed by atoms with Gasteiger partial charge in [-0.05, 0) is 85.8 Å². The standard InChI is InChI=1S/C41H44O16/c1-15-6-7-53-37(49)24(56-17(3)42)11-27(43)54-13-19-21-10-25-38(4,22-9-23(22)40(25,51)14-55-34(15)46)26-12-39(50)20-8-18(20)29-30(39)31(41(21,26)57-36(19)48)28(32(44)33(29)45)16(2)35(47)52-5/h6,18,20,22-26,29,33,45,50-51H,7-14H2,1-5H3/t18-,20+,22-,23+,24+,25-,26+,29+,33-,38+,39+,40+,41+/m1/s1. The summed E-state index contributed by atoms with van der Waals surface area (Å²) >= 11 is 0. The van der Waals surface area contributed by atoms with Crippen LogP contribution in [0.1, 0.15) is 59.8 Å². The van der Waals surface area contributed by atoms with Gasteiger partial charge in [0.05, 0.1) is 24.7 Å². The van der Waals surface area contributed by atoms with Crippen molar-refractivity contribution in [1.29, 1.82) is 0 Å². The molecule has 2 aliphatic heterocycles. The maximum absolute atomic E-state index is 14.5. The fourth-order valence-corrected chi connectivity index (χ4v) is 12.5. The van der Waals surface area contributed by atoms with Crippen LogP contribution in [0.4, 0.5) is 0 Å². The summed E-state index contributed by atoms with van der Waals surface area (Å²) in [5, 5.41) is 37.3. The van der Waals surface area contributed by atoms with Crippen LogP contribution in [-0.4, -0.2) is 113 Å². The van der Waals surface area contributed by atoms with Gasteiger partial charge in [-0.1, -0.05) is 6.92 Å². The van der Waals surface area contributed by atoms with Gasteiger partial charge in [-0.3, -0.25) is 14.4 Å². The minimum absolute atomic E-state index is 0.0267. The predicted octanol–water partition coefficient (Wildman–Crippen LogP) is 0.644. The SMILES string of the molecule is COC(=O)C(C)=C1C(=O)[C@H](O)[C@@H]2C3=C1[C@]14OC(=O)C5=C1C[C@H]1[C@](O)(COC(=O)C(C)=CCOC(=O)[C@@H](OC(C)=O)CC(=O)OC5)[C@H]5C[C@H]5[C@]1(C)[C@@H]4C[C@]3(O)[C@H]1C[C@@H]21. The zero-order valence-corrected chi connectivity index (χ0v) is 32.1. The minimum atomic E-state index is -1.82. The minimum Gasteiger partial charge on any atom is -0.466 e. The molecule has 5 fully saturated rings. The molecule has 5 saturated carbocycles. The number of methoxy groups -OCH3 is 1. The highest BCUT2D eigenvalue weighted by Gasteiger charge is 2.84. The Labute approximate surface area is 326 Å². The molecule has 0 amide bonds. The lowest BCUT2D eigenvalue weighted by molar-refractivity contribution is -0.185. The van der Waals surface area contributed by atoms with E-state index in [0.717, 1.165) is 14.0 Å². The third-order valence-corrected chi connectivity index (χ3v) is 15.1. The molecular weight excluding hydrogens is 748 g/mol. The van der Waals surface area contributed by atoms with Gasteiger partial charge < -0.3 is 43.7 Å². The van der Waals surface area contributed by atoms with Gasteiger partial charge in [-0.25, -0.2) is 19.2 Å². The molecule has 9 aliphatic rings. The van der Waals surface area contributed by atoms with E-state index in [0.29, 0.717) is 18.4 Å². The number of carbonyl (C=O) groups excluding carboxylic acids is 7. The van der Waals surface area contributed by atoms with Gasteiger partial charge in [-0.15, -0.1) is 0 Å². The van der Waals surface area contributed by atoms with Gasteiger partial charge in [0.25, 0.3) is 0 Å². The smallest absolute Gasteiger partial charge is 0.348 e. The van der Waals surface area contributed by atoms with Crippen molar-refractivity contribution in [3.05, 3.63) is 45.1 Å². The van der Waals surface area contributed by atoms with Crippen LogP contribution >= 0.6 is 0 Å². The van der Waals surface area contributed by atoms with Crippen molar-refractivity contribution >= 4 is 41.6 Å². The molecular formula is C41H44O16. The maximum Gasteiger partial charge on any atom is 0.348 e. The number of hydrogen-bond acceptors (Lipinski definition) is 16. The Morgan fingerprint density at radius 3 is 2.37 bits per heavy atom. The molecule has 16 nitrogen and oxygen atoms in total. The molecule has 13 atom stereocenters. The second-order valence-corrected chi connectivity index (χ2v) is 17.5. The Balaban J connectivity index is 1.26. The number of ether oxygens (including phenoxy) is 6. The number of Topliss-reactive ketones (excluding diaryl/α,β-unsaturated/α-hetero) is 1. The molecule has 2 heterocycles. The Bertz CT molecular complexity index is 2120. The third-order valence-electron chi connectivity index (χ3n) is 15.1. The molecule has 3 N–H and O–H groups in total. The first-order valence-electron chi connectivity index (χ1n) is 19.4. The van der Waals surface area contributed by atoms with Gasteiger partial charge in [-0.2, -0.15) is 0 Å². The normalized spacial score (nSPS) is 45.1. The van der Waals surface area contributed by atoms with Gasteiger partial charge >= 0.3 is 35.8 Å². The average Bonchev–Trinajstić information content (AvgIpc) is 4.08. The third kappa shape index (κ3) is 4.86. The van der Waals surface area contributed by atoms with E-state index >= 15 is 0 Å². The Hall–Kier alpha value is -4.67. The van der Waals surface area contributed by atoms with E-state index in [-0.39, 0.29) is 70.0 Å². The van der Waals surface area contributed by atoms with Crippen LogP contribution < -0.4 is 0 Å². The van der Waals surface area contributed by atoms with Crippen molar-refractivity contribution in [2.24, 2.45) is 46.8 Å². The first-order valence-corrected chi connectivity index (χ1v) is 19.4. The lowest BCUT2D eigenvalue weighted by atomic mass is 9.44. The molecule has 304 valence electrons. The van der Waals surface area contributed by atoms with Crippen molar-refractivity contribution in [3.8, 4) is 0 Å². The molecule has 16 heteroatoms. The Morgan fingerprint density at radius 2 is 1.67 bits per heavy atom. The van der Waals surface area contributed by atoms with Gasteiger partial charge in [0.15, 0.2) is 11.4 Å². The molecule has 9 rings (SSSR count). The largest absolute Gasteiger partial charge is 0.466 e. The second-order valence-electron chi connectivity index (χ2n) is 17.5. The summed E-state index contributed by atoms with van der Waals surface area (Å²) in [5.74, 6) is -9.87. The van der Waals surface area contributed by atoms with Crippen molar-refractivity contribution in [3.63, 3.8) is 0 Å². The van der Waals surface area contributed by atoms with E-state index in [1.165, 1.54) is 19.9 Å². The van der Waals surface area contributed by atoms with Crippen LogP contribution in [0, 0.1) is 46.8 Å². The number of fused-ring (bicyclic) bond motifs is 7. The van der Waals surface area contributed by atoms with Crippen LogP contribution in [0.2, 0.25) is 0 Å². The topological polar surface area (TPSA) is 236 Å². The van der Waals surface area contributed by atoms with Crippen LogP contribution in [0.3, 0.4) is 0 Å². The van der Waals surface area contributed by atoms with E-state index in [9.17, 15) is 48.9 Å². The molecule has 0 aromatic carbocycles. The van der Waals surface area contributed by atoms with Crippen LogP contribution in [-0.2, 0) is 62.0 Å². The number of aliphatic hydroxyl groups is 3. The van der Waals surface area contributed by atoms with Crippen molar-refractivity contribution in [2.75, 3.05) is 26.9 Å². The predicted molar refractivity (Wildman–Crippen MR) is 186 cm³/mol. The zero-order chi connectivity index (χ0) is 40.9. The first-order chi connectivity index (χ1) is 26.9. The van der Waals surface area contributed by atoms with Crippen LogP contribution in [0.5, 0.6) is 0 Å². The lowest BCUT2D eigenvalue weighted by Crippen LogP contribution is -2.66. The molecule has 7 aliphatic carbocycles. The molecule has 0 radical (unpaired) electrons. The second kappa shape index (κ2) is 12.2. The molecule has 0 unspecified atom stereocenters. The van der Waals surface area contributed by atoms with Gasteiger partial charge in [0, 0.05) is 47.0 Å². The maximum atomic E-state index is 14.5. The first kappa shape index (κ1) is 37.9. The van der Waals surface area contributed by atoms with Crippen molar-refractivity contribution < 1.29 is 77.3 Å². The van der Waals surface area contributed by atoms with Crippen molar-refractivity contribution in [1.82, 2.24) is 0 Å². The van der Waals surface area contributed by atoms with E-state index in [1.807, 2.05) is 6.92 Å². The number of aliphatic hydroxyl groups excluding tert-OH is 1. The summed E-state index contributed by atoms with van der Waals surface area (Å²) in [5.41, 5.74) is -5.66. The van der Waals surface area contributed by atoms with Crippen LogP contribution in [0.15, 0.2) is 45.1 Å². The number of esters is 6. The van der Waals surface area contributed by atoms with E-state index in [4.69, 9.17) is 28.4 Å². The molecule has 0 saturated heterocycles. The molecule has 57 heavy (non-hydrogen) atoms. The highest BCUT2D eigenvalue weighted by molar-refractivity contribution is 6.12. The summed E-state index contributed by atoms with van der Waals surface area (Å²) in [4.78, 5) is 93.7. The average molecular weight is 793 g/mol. The van der Waals surface area contributed by atoms with Crippen LogP contribution in [0.25, 0.3) is 0 Å². The zero-order valence-electron chi connectivity index (χ0n) is 32.1. The number of hydrogen-bond donors (Lipinski definition) is 3. The van der Waals surface area contributed by atoms with E-state index in [1.54, 1.807) is 0 Å². The highest BCUT2D eigenvalue weighted by atomic mass is 16.6. The summed E-state index contributed by atoms with van der Waals surface area (Å²) < 4.78 is 33.2. The monoisotopic (exact) mass is 792 g/mol. The number of carbonyl (C=O) groups is 7. The van der Waals surface area contributed by atoms with Crippen molar-refractivity contribution in [2.45, 2.75) is 88.8 Å². The molecule has 0 aromatic rings. The van der Waals surface area contributed by atoms with Gasteiger partial charge in [0.2, 0.25) is 6.10 Å². The summed E-state index contributed by atoms with van der Waals surface area (Å²) in [6.07, 6.45) is -1.79.